The van der Waals surface area contributed by atoms with Crippen LogP contribution in [0.3, 0.4) is 0 Å². The van der Waals surface area contributed by atoms with Crippen LogP contribution in [-0.2, 0) is 6.54 Å². The van der Waals surface area contributed by atoms with Crippen molar-refractivity contribution in [1.82, 2.24) is 9.97 Å². The molecule has 0 spiro atoms. The largest absolute Gasteiger partial charge is 0.497 e. The van der Waals surface area contributed by atoms with Gasteiger partial charge in [-0.15, -0.1) is 0 Å². The minimum Gasteiger partial charge on any atom is -0.497 e. The van der Waals surface area contributed by atoms with Gasteiger partial charge in [0, 0.05) is 37.4 Å². The molecule has 3 aromatic rings. The monoisotopic (exact) mass is 364 g/mol. The molecule has 0 saturated carbocycles. The molecule has 2 N–H and O–H groups in total. The van der Waals surface area contributed by atoms with Gasteiger partial charge in [0.05, 0.1) is 31.2 Å². The van der Waals surface area contributed by atoms with Crippen LogP contribution in [0, 0.1) is 0 Å². The van der Waals surface area contributed by atoms with Crippen LogP contribution in [0.1, 0.15) is 15.9 Å². The highest BCUT2D eigenvalue weighted by molar-refractivity contribution is 6.05. The standard InChI is InChI=1S/C20H20N4O3/c1-26-17-5-6-18(19(9-17)27-2)24-20(25)15-8-16(13-22-12-15)23-11-14-4-3-7-21-10-14/h3-10,12-13,23H,11H2,1-2H3,(H,24,25). The third-order valence-corrected chi connectivity index (χ3v) is 3.88. The summed E-state index contributed by atoms with van der Waals surface area (Å²) in [6, 6.07) is 10.8. The normalized spacial score (nSPS) is 10.1. The van der Waals surface area contributed by atoms with Gasteiger partial charge in [0.15, 0.2) is 0 Å². The van der Waals surface area contributed by atoms with E-state index in [4.69, 9.17) is 9.47 Å². The van der Waals surface area contributed by atoms with Crippen molar-refractivity contribution < 1.29 is 14.3 Å². The van der Waals surface area contributed by atoms with Gasteiger partial charge in [0.25, 0.3) is 5.91 Å². The molecule has 138 valence electrons. The SMILES string of the molecule is COc1ccc(NC(=O)c2cncc(NCc3cccnc3)c2)c(OC)c1. The average Bonchev–Trinajstić information content (AvgIpc) is 2.73. The number of methoxy groups -OCH3 is 2. The van der Waals surface area contributed by atoms with Crippen LogP contribution in [0.15, 0.2) is 61.2 Å². The van der Waals surface area contributed by atoms with Crippen LogP contribution in [0.25, 0.3) is 0 Å². The third kappa shape index (κ3) is 4.72. The van der Waals surface area contributed by atoms with E-state index in [9.17, 15) is 4.79 Å². The maximum atomic E-state index is 12.6. The summed E-state index contributed by atoms with van der Waals surface area (Å²) in [7, 11) is 3.11. The fraction of sp³-hybridized carbons (Fsp3) is 0.150. The molecule has 0 radical (unpaired) electrons. The van der Waals surface area contributed by atoms with Gasteiger partial charge in [-0.2, -0.15) is 0 Å². The lowest BCUT2D eigenvalue weighted by atomic mass is 10.2. The van der Waals surface area contributed by atoms with Crippen molar-refractivity contribution in [2.45, 2.75) is 6.54 Å². The van der Waals surface area contributed by atoms with E-state index in [1.54, 1.807) is 50.0 Å². The number of amides is 1. The van der Waals surface area contributed by atoms with Gasteiger partial charge >= 0.3 is 0 Å². The molecule has 0 atom stereocenters. The minimum atomic E-state index is -0.281. The summed E-state index contributed by atoms with van der Waals surface area (Å²) in [5, 5.41) is 6.07. The molecule has 7 nitrogen and oxygen atoms in total. The lowest BCUT2D eigenvalue weighted by molar-refractivity contribution is 0.102. The molecule has 0 bridgehead atoms. The first-order valence-electron chi connectivity index (χ1n) is 8.31. The van der Waals surface area contributed by atoms with E-state index in [0.29, 0.717) is 29.3 Å². The first-order chi connectivity index (χ1) is 13.2. The highest BCUT2D eigenvalue weighted by Gasteiger charge is 2.12. The van der Waals surface area contributed by atoms with Crippen molar-refractivity contribution in [1.29, 1.82) is 0 Å². The lowest BCUT2D eigenvalue weighted by Crippen LogP contribution is -2.13. The summed E-state index contributed by atoms with van der Waals surface area (Å²) in [5.41, 5.74) is 2.77. The van der Waals surface area contributed by atoms with Crippen molar-refractivity contribution in [3.63, 3.8) is 0 Å². The number of nitrogens with one attached hydrogen (secondary N) is 2. The van der Waals surface area contributed by atoms with Crippen LogP contribution in [-0.4, -0.2) is 30.1 Å². The Morgan fingerprint density at radius 2 is 1.93 bits per heavy atom. The average molecular weight is 364 g/mol. The number of hydrogen-bond acceptors (Lipinski definition) is 6. The number of benzene rings is 1. The van der Waals surface area contributed by atoms with E-state index in [-0.39, 0.29) is 5.91 Å². The van der Waals surface area contributed by atoms with E-state index in [0.717, 1.165) is 11.3 Å². The quantitative estimate of drug-likeness (QED) is 0.669. The van der Waals surface area contributed by atoms with Gasteiger partial charge in [-0.05, 0) is 29.8 Å². The minimum absolute atomic E-state index is 0.281. The van der Waals surface area contributed by atoms with Crippen LogP contribution in [0.2, 0.25) is 0 Å². The smallest absolute Gasteiger partial charge is 0.257 e. The highest BCUT2D eigenvalue weighted by Crippen LogP contribution is 2.29. The number of ether oxygens (including phenoxy) is 2. The fourth-order valence-electron chi connectivity index (χ4n) is 2.46. The topological polar surface area (TPSA) is 85.4 Å². The Hall–Kier alpha value is -3.61. The number of aromatic nitrogens is 2. The van der Waals surface area contributed by atoms with Crippen molar-refractivity contribution in [2.75, 3.05) is 24.9 Å². The molecule has 1 aromatic carbocycles. The second-order valence-corrected chi connectivity index (χ2v) is 5.70. The van der Waals surface area contributed by atoms with Crippen molar-refractivity contribution >= 4 is 17.3 Å². The fourth-order valence-corrected chi connectivity index (χ4v) is 2.46. The number of carbonyl (C=O) groups excluding carboxylic acids is 1. The van der Waals surface area contributed by atoms with E-state index in [1.165, 1.54) is 13.3 Å². The molecule has 3 rings (SSSR count). The van der Waals surface area contributed by atoms with Crippen LogP contribution in [0.5, 0.6) is 11.5 Å². The zero-order valence-electron chi connectivity index (χ0n) is 15.1. The molecule has 7 heteroatoms. The molecule has 0 unspecified atom stereocenters. The van der Waals surface area contributed by atoms with Crippen molar-refractivity contribution in [2.24, 2.45) is 0 Å². The first-order valence-corrected chi connectivity index (χ1v) is 8.31. The molecule has 0 aliphatic carbocycles. The molecule has 0 aliphatic heterocycles. The number of carbonyl (C=O) groups is 1. The van der Waals surface area contributed by atoms with E-state index >= 15 is 0 Å². The molecule has 2 aromatic heterocycles. The predicted molar refractivity (Wildman–Crippen MR) is 103 cm³/mol. The van der Waals surface area contributed by atoms with Crippen LogP contribution in [0.4, 0.5) is 11.4 Å². The Kier molecular flexibility index (Phi) is 5.84. The molecule has 1 amide bonds. The van der Waals surface area contributed by atoms with Gasteiger partial charge in [0.1, 0.15) is 11.5 Å². The van der Waals surface area contributed by atoms with Gasteiger partial charge in [0.2, 0.25) is 0 Å². The summed E-state index contributed by atoms with van der Waals surface area (Å²) in [5.74, 6) is 0.880. The zero-order valence-corrected chi connectivity index (χ0v) is 15.1. The van der Waals surface area contributed by atoms with Gasteiger partial charge in [-0.1, -0.05) is 6.07 Å². The summed E-state index contributed by atoms with van der Waals surface area (Å²) in [6.07, 6.45) is 6.69. The predicted octanol–water partition coefficient (Wildman–Crippen LogP) is 3.36. The molecule has 0 fully saturated rings. The van der Waals surface area contributed by atoms with Gasteiger partial charge < -0.3 is 20.1 Å². The molecular formula is C20H20N4O3. The summed E-state index contributed by atoms with van der Waals surface area (Å²) in [4.78, 5) is 20.8. The van der Waals surface area contributed by atoms with Gasteiger partial charge in [-0.3, -0.25) is 14.8 Å². The molecule has 2 heterocycles. The number of anilines is 2. The first kappa shape index (κ1) is 18.2. The van der Waals surface area contributed by atoms with Crippen LogP contribution >= 0.6 is 0 Å². The van der Waals surface area contributed by atoms with E-state index in [2.05, 4.69) is 20.6 Å². The molecular weight excluding hydrogens is 344 g/mol. The maximum Gasteiger partial charge on any atom is 0.257 e. The van der Waals surface area contributed by atoms with Crippen molar-refractivity contribution in [3.05, 3.63) is 72.3 Å². The Bertz CT molecular complexity index is 916. The number of pyridine rings is 2. The lowest BCUT2D eigenvalue weighted by Gasteiger charge is -2.12. The second-order valence-electron chi connectivity index (χ2n) is 5.70. The molecule has 0 saturated heterocycles. The molecule has 27 heavy (non-hydrogen) atoms. The maximum absolute atomic E-state index is 12.6. The number of rotatable bonds is 7. The summed E-state index contributed by atoms with van der Waals surface area (Å²) < 4.78 is 10.5. The van der Waals surface area contributed by atoms with Gasteiger partial charge in [-0.25, -0.2) is 0 Å². The Labute approximate surface area is 157 Å². The number of hydrogen-bond donors (Lipinski definition) is 2. The Balaban J connectivity index is 1.70. The molecule has 0 aliphatic rings. The van der Waals surface area contributed by atoms with Crippen LogP contribution < -0.4 is 20.1 Å². The third-order valence-electron chi connectivity index (χ3n) is 3.88. The Morgan fingerprint density at radius 3 is 2.67 bits per heavy atom. The Morgan fingerprint density at radius 1 is 1.04 bits per heavy atom. The summed E-state index contributed by atoms with van der Waals surface area (Å²) >= 11 is 0. The van der Waals surface area contributed by atoms with E-state index in [1.807, 2.05) is 12.1 Å². The van der Waals surface area contributed by atoms with E-state index < -0.39 is 0 Å². The number of nitrogens with zero attached hydrogens (tertiary/aromatic N) is 2. The second kappa shape index (κ2) is 8.66. The highest BCUT2D eigenvalue weighted by atomic mass is 16.5. The zero-order chi connectivity index (χ0) is 19.1. The van der Waals surface area contributed by atoms with Crippen molar-refractivity contribution in [3.8, 4) is 11.5 Å². The summed E-state index contributed by atoms with van der Waals surface area (Å²) in [6.45, 7) is 0.590.